The lowest BCUT2D eigenvalue weighted by Crippen LogP contribution is -2.41. The molecule has 0 aliphatic heterocycles. The van der Waals surface area contributed by atoms with E-state index in [4.69, 9.17) is 10.5 Å². The summed E-state index contributed by atoms with van der Waals surface area (Å²) in [6, 6.07) is 6.38. The topological polar surface area (TPSA) is 64.4 Å². The highest BCUT2D eigenvalue weighted by atomic mass is 19.1. The molecule has 0 bridgehead atoms. The van der Waals surface area contributed by atoms with Gasteiger partial charge in [-0.3, -0.25) is 4.79 Å². The average molecular weight is 294 g/mol. The molecule has 1 aromatic rings. The molecule has 1 aromatic carbocycles. The van der Waals surface area contributed by atoms with Crippen molar-refractivity contribution in [3.63, 3.8) is 0 Å². The van der Waals surface area contributed by atoms with Crippen LogP contribution in [0.4, 0.5) is 4.39 Å². The van der Waals surface area contributed by atoms with Gasteiger partial charge in [-0.2, -0.15) is 0 Å². The van der Waals surface area contributed by atoms with Gasteiger partial charge in [0.1, 0.15) is 6.10 Å². The van der Waals surface area contributed by atoms with Crippen molar-refractivity contribution in [1.82, 2.24) is 5.32 Å². The summed E-state index contributed by atoms with van der Waals surface area (Å²) >= 11 is 0. The third-order valence-corrected chi connectivity index (χ3v) is 3.81. The van der Waals surface area contributed by atoms with Gasteiger partial charge < -0.3 is 15.8 Å². The fraction of sp³-hybridized carbons (Fsp3) is 0.562. The summed E-state index contributed by atoms with van der Waals surface area (Å²) in [7, 11) is 0. The van der Waals surface area contributed by atoms with E-state index in [9.17, 15) is 9.18 Å². The van der Waals surface area contributed by atoms with Crippen LogP contribution < -0.4 is 15.8 Å². The number of hydrogen-bond acceptors (Lipinski definition) is 3. The quantitative estimate of drug-likeness (QED) is 0.875. The molecule has 1 aliphatic rings. The maximum atomic E-state index is 13.5. The van der Waals surface area contributed by atoms with Crippen molar-refractivity contribution in [1.29, 1.82) is 0 Å². The van der Waals surface area contributed by atoms with Gasteiger partial charge in [-0.05, 0) is 38.3 Å². The molecular formula is C16H23FN2O2. The molecular weight excluding hydrogens is 271 g/mol. The van der Waals surface area contributed by atoms with Gasteiger partial charge in [0, 0.05) is 12.0 Å². The SMILES string of the molecule is CC(CNC(=O)C1CCCC(N)C1)Oc1ccccc1F. The first-order valence-electron chi connectivity index (χ1n) is 7.50. The van der Waals surface area contributed by atoms with Crippen LogP contribution in [0.2, 0.25) is 0 Å². The van der Waals surface area contributed by atoms with Crippen LogP contribution in [0.1, 0.15) is 32.6 Å². The molecule has 21 heavy (non-hydrogen) atoms. The Morgan fingerprint density at radius 2 is 2.24 bits per heavy atom. The van der Waals surface area contributed by atoms with Crippen LogP contribution in [0.15, 0.2) is 24.3 Å². The zero-order valence-corrected chi connectivity index (χ0v) is 12.3. The van der Waals surface area contributed by atoms with Gasteiger partial charge in [-0.25, -0.2) is 4.39 Å². The molecule has 4 nitrogen and oxygen atoms in total. The van der Waals surface area contributed by atoms with Crippen molar-refractivity contribution in [3.05, 3.63) is 30.1 Å². The Morgan fingerprint density at radius 3 is 2.95 bits per heavy atom. The van der Waals surface area contributed by atoms with E-state index in [1.165, 1.54) is 6.07 Å². The van der Waals surface area contributed by atoms with Crippen molar-refractivity contribution in [3.8, 4) is 5.75 Å². The lowest BCUT2D eigenvalue weighted by Gasteiger charge is -2.26. The van der Waals surface area contributed by atoms with Crippen molar-refractivity contribution in [2.24, 2.45) is 11.7 Å². The van der Waals surface area contributed by atoms with E-state index in [2.05, 4.69) is 5.32 Å². The second kappa shape index (κ2) is 7.41. The largest absolute Gasteiger partial charge is 0.486 e. The lowest BCUT2D eigenvalue weighted by molar-refractivity contribution is -0.126. The summed E-state index contributed by atoms with van der Waals surface area (Å²) in [5, 5.41) is 2.87. The number of benzene rings is 1. The normalized spacial score (nSPS) is 23.4. The van der Waals surface area contributed by atoms with E-state index in [0.717, 1.165) is 25.7 Å². The van der Waals surface area contributed by atoms with E-state index in [0.29, 0.717) is 6.54 Å². The Hall–Kier alpha value is -1.62. The zero-order chi connectivity index (χ0) is 15.2. The van der Waals surface area contributed by atoms with E-state index in [1.807, 2.05) is 0 Å². The van der Waals surface area contributed by atoms with Gasteiger partial charge in [0.15, 0.2) is 11.6 Å². The highest BCUT2D eigenvalue weighted by Crippen LogP contribution is 2.23. The monoisotopic (exact) mass is 294 g/mol. The maximum absolute atomic E-state index is 13.5. The van der Waals surface area contributed by atoms with Gasteiger partial charge in [0.25, 0.3) is 0 Å². The van der Waals surface area contributed by atoms with Gasteiger partial charge >= 0.3 is 0 Å². The molecule has 3 atom stereocenters. The molecule has 1 fully saturated rings. The Morgan fingerprint density at radius 1 is 1.48 bits per heavy atom. The molecule has 0 heterocycles. The maximum Gasteiger partial charge on any atom is 0.223 e. The van der Waals surface area contributed by atoms with Crippen LogP contribution in [-0.2, 0) is 4.79 Å². The third-order valence-electron chi connectivity index (χ3n) is 3.81. The molecule has 3 N–H and O–H groups in total. The van der Waals surface area contributed by atoms with Crippen LogP contribution in [0.3, 0.4) is 0 Å². The van der Waals surface area contributed by atoms with Crippen molar-refractivity contribution >= 4 is 5.91 Å². The van der Waals surface area contributed by atoms with Crippen LogP contribution in [0.25, 0.3) is 0 Å². The van der Waals surface area contributed by atoms with E-state index in [1.54, 1.807) is 25.1 Å². The van der Waals surface area contributed by atoms with Gasteiger partial charge in [-0.15, -0.1) is 0 Å². The second-order valence-electron chi connectivity index (χ2n) is 5.73. The first kappa shape index (κ1) is 15.8. The number of rotatable bonds is 5. The molecule has 0 radical (unpaired) electrons. The third kappa shape index (κ3) is 4.70. The summed E-state index contributed by atoms with van der Waals surface area (Å²) < 4.78 is 18.9. The minimum absolute atomic E-state index is 0.00517. The van der Waals surface area contributed by atoms with Gasteiger partial charge in [0.2, 0.25) is 5.91 Å². The second-order valence-corrected chi connectivity index (χ2v) is 5.73. The molecule has 0 aromatic heterocycles. The van der Waals surface area contributed by atoms with Gasteiger partial charge in [0.05, 0.1) is 6.54 Å². The number of carbonyl (C=O) groups excluding carboxylic acids is 1. The minimum Gasteiger partial charge on any atom is -0.486 e. The fourth-order valence-corrected chi connectivity index (χ4v) is 2.65. The molecule has 0 spiro atoms. The number of hydrogen-bond donors (Lipinski definition) is 2. The summed E-state index contributed by atoms with van der Waals surface area (Å²) in [5.74, 6) is -0.170. The summed E-state index contributed by atoms with van der Waals surface area (Å²) in [5.41, 5.74) is 5.89. The smallest absolute Gasteiger partial charge is 0.223 e. The Balaban J connectivity index is 1.77. The number of nitrogens with two attached hydrogens (primary N) is 1. The van der Waals surface area contributed by atoms with Crippen LogP contribution >= 0.6 is 0 Å². The Kier molecular flexibility index (Phi) is 5.56. The Bertz CT molecular complexity index is 481. The Labute approximate surface area is 124 Å². The number of nitrogens with one attached hydrogen (secondary N) is 1. The van der Waals surface area contributed by atoms with E-state index >= 15 is 0 Å². The molecule has 2 rings (SSSR count). The number of amides is 1. The van der Waals surface area contributed by atoms with Crippen LogP contribution in [-0.4, -0.2) is 24.6 Å². The molecule has 1 saturated carbocycles. The van der Waals surface area contributed by atoms with E-state index in [-0.39, 0.29) is 29.7 Å². The average Bonchev–Trinajstić information content (AvgIpc) is 2.47. The van der Waals surface area contributed by atoms with Crippen molar-refractivity contribution < 1.29 is 13.9 Å². The molecule has 1 amide bonds. The lowest BCUT2D eigenvalue weighted by atomic mass is 9.85. The molecule has 5 heteroatoms. The molecule has 3 unspecified atom stereocenters. The summed E-state index contributed by atoms with van der Waals surface area (Å²) in [6.07, 6.45) is 3.34. The minimum atomic E-state index is -0.395. The fourth-order valence-electron chi connectivity index (χ4n) is 2.65. The number of para-hydroxylation sites is 1. The van der Waals surface area contributed by atoms with Crippen LogP contribution in [0.5, 0.6) is 5.75 Å². The van der Waals surface area contributed by atoms with Gasteiger partial charge in [-0.1, -0.05) is 18.6 Å². The molecule has 1 aliphatic carbocycles. The number of ether oxygens (including phenoxy) is 1. The summed E-state index contributed by atoms with van der Waals surface area (Å²) in [4.78, 5) is 12.1. The highest BCUT2D eigenvalue weighted by Gasteiger charge is 2.25. The standard InChI is InChI=1S/C16H23FN2O2/c1-11(21-15-8-3-2-7-14(15)17)10-19-16(20)12-5-4-6-13(18)9-12/h2-3,7-8,11-13H,4-6,9-10,18H2,1H3,(H,19,20). The predicted molar refractivity (Wildman–Crippen MR) is 79.4 cm³/mol. The summed E-state index contributed by atoms with van der Waals surface area (Å²) in [6.45, 7) is 2.16. The van der Waals surface area contributed by atoms with E-state index < -0.39 is 5.82 Å². The number of carbonyl (C=O) groups is 1. The first-order valence-corrected chi connectivity index (χ1v) is 7.50. The molecule has 0 saturated heterocycles. The zero-order valence-electron chi connectivity index (χ0n) is 12.3. The number of halogens is 1. The van der Waals surface area contributed by atoms with Crippen molar-refractivity contribution in [2.45, 2.75) is 44.8 Å². The first-order chi connectivity index (χ1) is 10.1. The predicted octanol–water partition coefficient (Wildman–Crippen LogP) is 2.23. The van der Waals surface area contributed by atoms with Crippen LogP contribution in [0, 0.1) is 11.7 Å². The highest BCUT2D eigenvalue weighted by molar-refractivity contribution is 5.78. The molecule has 116 valence electrons. The van der Waals surface area contributed by atoms with Crippen molar-refractivity contribution in [2.75, 3.05) is 6.54 Å².